The van der Waals surface area contributed by atoms with E-state index in [1.54, 1.807) is 0 Å². The third kappa shape index (κ3) is 3.98. The second-order valence-electron chi connectivity index (χ2n) is 4.34. The Kier molecular flexibility index (Phi) is 5.22. The van der Waals surface area contributed by atoms with Crippen molar-refractivity contribution in [2.75, 3.05) is 26.1 Å². The van der Waals surface area contributed by atoms with Crippen LogP contribution in [0.15, 0.2) is 46.9 Å². The number of carbonyl (C=O) groups excluding carboxylic acids is 1. The molecule has 0 heterocycles. The summed E-state index contributed by atoms with van der Waals surface area (Å²) in [5, 5.41) is 3.09. The van der Waals surface area contributed by atoms with Crippen LogP contribution in [0.5, 0.6) is 5.75 Å². The van der Waals surface area contributed by atoms with Gasteiger partial charge in [-0.15, -0.1) is 0 Å². The second-order valence-corrected chi connectivity index (χ2v) is 5.19. The highest BCUT2D eigenvalue weighted by Crippen LogP contribution is 2.31. The van der Waals surface area contributed by atoms with Crippen LogP contribution in [0.25, 0.3) is 11.1 Å². The normalized spacial score (nSPS) is 10.0. The maximum atomic E-state index is 11.1. The Bertz CT molecular complexity index is 626. The SMILES string of the molecule is CNc1ccc(-c2ccc(OCC(=O)OC)c(Br)c2)cc1. The van der Waals surface area contributed by atoms with Gasteiger partial charge in [0.25, 0.3) is 0 Å². The lowest BCUT2D eigenvalue weighted by molar-refractivity contribution is -0.142. The van der Waals surface area contributed by atoms with Crippen molar-refractivity contribution in [3.8, 4) is 16.9 Å². The number of carbonyl (C=O) groups is 1. The fourth-order valence-corrected chi connectivity index (χ4v) is 2.32. The van der Waals surface area contributed by atoms with Crippen LogP contribution < -0.4 is 10.1 Å². The first kappa shape index (κ1) is 15.4. The molecule has 2 aromatic rings. The van der Waals surface area contributed by atoms with E-state index < -0.39 is 5.97 Å². The number of halogens is 1. The van der Waals surface area contributed by atoms with Gasteiger partial charge in [0, 0.05) is 12.7 Å². The van der Waals surface area contributed by atoms with Crippen LogP contribution in [0.1, 0.15) is 0 Å². The fourth-order valence-electron chi connectivity index (χ4n) is 1.82. The molecule has 0 saturated heterocycles. The molecule has 0 aromatic heterocycles. The first-order chi connectivity index (χ1) is 10.1. The quantitative estimate of drug-likeness (QED) is 0.836. The Hall–Kier alpha value is -2.01. The zero-order chi connectivity index (χ0) is 15.2. The highest BCUT2D eigenvalue weighted by Gasteiger charge is 2.07. The zero-order valence-corrected chi connectivity index (χ0v) is 13.4. The summed E-state index contributed by atoms with van der Waals surface area (Å²) in [7, 11) is 3.22. The lowest BCUT2D eigenvalue weighted by Crippen LogP contribution is -2.12. The Morgan fingerprint density at radius 3 is 2.38 bits per heavy atom. The van der Waals surface area contributed by atoms with Gasteiger partial charge in [-0.1, -0.05) is 18.2 Å². The minimum absolute atomic E-state index is 0.106. The standard InChI is InChI=1S/C16H16BrNO3/c1-18-13-6-3-11(4-7-13)12-5-8-15(14(17)9-12)21-10-16(19)20-2/h3-9,18H,10H2,1-2H3. The minimum Gasteiger partial charge on any atom is -0.481 e. The molecule has 2 aromatic carbocycles. The highest BCUT2D eigenvalue weighted by molar-refractivity contribution is 9.10. The Balaban J connectivity index is 2.15. The molecular weight excluding hydrogens is 334 g/mol. The van der Waals surface area contributed by atoms with E-state index >= 15 is 0 Å². The number of hydrogen-bond donors (Lipinski definition) is 1. The van der Waals surface area contributed by atoms with Gasteiger partial charge in [0.2, 0.25) is 0 Å². The topological polar surface area (TPSA) is 47.6 Å². The predicted molar refractivity (Wildman–Crippen MR) is 86.6 cm³/mol. The van der Waals surface area contributed by atoms with Gasteiger partial charge in [-0.3, -0.25) is 0 Å². The van der Waals surface area contributed by atoms with E-state index in [9.17, 15) is 4.79 Å². The molecule has 0 bridgehead atoms. The van der Waals surface area contributed by atoms with Crippen molar-refractivity contribution in [2.24, 2.45) is 0 Å². The predicted octanol–water partition coefficient (Wildman–Crippen LogP) is 3.71. The Labute approximate surface area is 132 Å². The van der Waals surface area contributed by atoms with Crippen molar-refractivity contribution < 1.29 is 14.3 Å². The zero-order valence-electron chi connectivity index (χ0n) is 11.9. The molecule has 0 spiro atoms. The lowest BCUT2D eigenvalue weighted by Gasteiger charge is -2.09. The smallest absolute Gasteiger partial charge is 0.343 e. The summed E-state index contributed by atoms with van der Waals surface area (Å²) in [6, 6.07) is 13.9. The first-order valence-corrected chi connectivity index (χ1v) is 7.20. The van der Waals surface area contributed by atoms with Crippen molar-refractivity contribution in [1.29, 1.82) is 0 Å². The van der Waals surface area contributed by atoms with Crippen LogP contribution in [-0.2, 0) is 9.53 Å². The molecule has 0 atom stereocenters. The summed E-state index contributed by atoms with van der Waals surface area (Å²) >= 11 is 3.46. The molecular formula is C16H16BrNO3. The van der Waals surface area contributed by atoms with Gasteiger partial charge in [0.15, 0.2) is 6.61 Å². The summed E-state index contributed by atoms with van der Waals surface area (Å²) in [5.74, 6) is 0.199. The number of hydrogen-bond acceptors (Lipinski definition) is 4. The van der Waals surface area contributed by atoms with Crippen molar-refractivity contribution in [3.05, 3.63) is 46.9 Å². The van der Waals surface area contributed by atoms with Crippen LogP contribution in [0, 0.1) is 0 Å². The highest BCUT2D eigenvalue weighted by atomic mass is 79.9. The number of esters is 1. The molecule has 5 heteroatoms. The second kappa shape index (κ2) is 7.13. The average Bonchev–Trinajstić information content (AvgIpc) is 2.53. The summed E-state index contributed by atoms with van der Waals surface area (Å²) in [5.41, 5.74) is 3.24. The number of anilines is 1. The molecule has 0 amide bonds. The van der Waals surface area contributed by atoms with E-state index in [-0.39, 0.29) is 6.61 Å². The van der Waals surface area contributed by atoms with Crippen molar-refractivity contribution in [1.82, 2.24) is 0 Å². The molecule has 0 aliphatic heterocycles. The minimum atomic E-state index is -0.409. The number of methoxy groups -OCH3 is 1. The largest absolute Gasteiger partial charge is 0.481 e. The van der Waals surface area contributed by atoms with E-state index in [2.05, 4.69) is 26.0 Å². The maximum absolute atomic E-state index is 11.1. The fraction of sp³-hybridized carbons (Fsp3) is 0.188. The van der Waals surface area contributed by atoms with E-state index in [1.165, 1.54) is 7.11 Å². The Morgan fingerprint density at radius 2 is 1.81 bits per heavy atom. The third-order valence-electron chi connectivity index (χ3n) is 3.01. The summed E-state index contributed by atoms with van der Waals surface area (Å²) in [4.78, 5) is 11.1. The van der Waals surface area contributed by atoms with Gasteiger partial charge in [-0.25, -0.2) is 4.79 Å². The Morgan fingerprint density at radius 1 is 1.14 bits per heavy atom. The molecule has 0 aliphatic rings. The van der Waals surface area contributed by atoms with Crippen LogP contribution >= 0.6 is 15.9 Å². The molecule has 0 fully saturated rings. The maximum Gasteiger partial charge on any atom is 0.343 e. The van der Waals surface area contributed by atoms with E-state index in [1.807, 2.05) is 49.5 Å². The van der Waals surface area contributed by atoms with Crippen LogP contribution in [0.2, 0.25) is 0 Å². The molecule has 4 nitrogen and oxygen atoms in total. The van der Waals surface area contributed by atoms with Crippen LogP contribution in [0.3, 0.4) is 0 Å². The van der Waals surface area contributed by atoms with Crippen LogP contribution in [-0.4, -0.2) is 26.7 Å². The monoisotopic (exact) mass is 349 g/mol. The molecule has 0 radical (unpaired) electrons. The number of nitrogens with one attached hydrogen (secondary N) is 1. The van der Waals surface area contributed by atoms with E-state index in [0.717, 1.165) is 21.3 Å². The molecule has 2 rings (SSSR count). The number of ether oxygens (including phenoxy) is 2. The number of rotatable bonds is 5. The van der Waals surface area contributed by atoms with Gasteiger partial charge in [0.1, 0.15) is 5.75 Å². The van der Waals surface area contributed by atoms with E-state index in [0.29, 0.717) is 5.75 Å². The summed E-state index contributed by atoms with van der Waals surface area (Å²) in [6.45, 7) is -0.106. The molecule has 0 aliphatic carbocycles. The molecule has 0 saturated carbocycles. The van der Waals surface area contributed by atoms with Gasteiger partial charge in [0.05, 0.1) is 11.6 Å². The van der Waals surface area contributed by atoms with Gasteiger partial charge in [-0.05, 0) is 51.3 Å². The average molecular weight is 350 g/mol. The summed E-state index contributed by atoms with van der Waals surface area (Å²) < 4.78 is 10.7. The first-order valence-electron chi connectivity index (χ1n) is 6.41. The van der Waals surface area contributed by atoms with Crippen molar-refractivity contribution >= 4 is 27.6 Å². The van der Waals surface area contributed by atoms with Crippen LogP contribution in [0.4, 0.5) is 5.69 Å². The van der Waals surface area contributed by atoms with E-state index in [4.69, 9.17) is 4.74 Å². The summed E-state index contributed by atoms with van der Waals surface area (Å²) in [6.07, 6.45) is 0. The third-order valence-corrected chi connectivity index (χ3v) is 3.63. The van der Waals surface area contributed by atoms with Crippen molar-refractivity contribution in [3.63, 3.8) is 0 Å². The van der Waals surface area contributed by atoms with Gasteiger partial charge < -0.3 is 14.8 Å². The van der Waals surface area contributed by atoms with Crippen molar-refractivity contribution in [2.45, 2.75) is 0 Å². The number of benzene rings is 2. The molecule has 21 heavy (non-hydrogen) atoms. The molecule has 1 N–H and O–H groups in total. The molecule has 0 unspecified atom stereocenters. The van der Waals surface area contributed by atoms with Gasteiger partial charge >= 0.3 is 5.97 Å². The van der Waals surface area contributed by atoms with Gasteiger partial charge in [-0.2, -0.15) is 0 Å². The molecule has 110 valence electrons. The lowest BCUT2D eigenvalue weighted by atomic mass is 10.1.